The summed E-state index contributed by atoms with van der Waals surface area (Å²) in [7, 11) is 1.61. The fraction of sp³-hybridized carbons (Fsp3) is 0.333. The number of aromatic carboxylic acids is 1. The number of carbonyl (C=O) groups excluding carboxylic acids is 1. The number of methoxy groups -OCH3 is 1. The number of hydrogen-bond acceptors (Lipinski definition) is 3. The monoisotopic (exact) mass is 355 g/mol. The van der Waals surface area contributed by atoms with Gasteiger partial charge in [0, 0.05) is 11.1 Å². The van der Waals surface area contributed by atoms with Crippen molar-refractivity contribution in [2.45, 2.75) is 34.1 Å². The highest BCUT2D eigenvalue weighted by Gasteiger charge is 2.29. The Morgan fingerprint density at radius 2 is 1.77 bits per heavy atom. The topological polar surface area (TPSA) is 75.6 Å². The van der Waals surface area contributed by atoms with Crippen LogP contribution in [0.2, 0.25) is 0 Å². The number of aryl methyl sites for hydroxylation is 2. The van der Waals surface area contributed by atoms with E-state index < -0.39 is 11.4 Å². The van der Waals surface area contributed by atoms with Gasteiger partial charge in [-0.25, -0.2) is 4.79 Å². The van der Waals surface area contributed by atoms with Crippen molar-refractivity contribution >= 4 is 17.6 Å². The summed E-state index contributed by atoms with van der Waals surface area (Å²) in [4.78, 5) is 24.2. The molecule has 0 radical (unpaired) electrons. The molecule has 2 N–H and O–H groups in total. The van der Waals surface area contributed by atoms with Gasteiger partial charge in [-0.05, 0) is 49.1 Å². The van der Waals surface area contributed by atoms with Crippen molar-refractivity contribution in [3.63, 3.8) is 0 Å². The van der Waals surface area contributed by atoms with E-state index in [-0.39, 0.29) is 11.5 Å². The zero-order valence-electron chi connectivity index (χ0n) is 15.8. The fourth-order valence-corrected chi connectivity index (χ4v) is 2.91. The average molecular weight is 355 g/mol. The van der Waals surface area contributed by atoms with Crippen molar-refractivity contribution in [3.8, 4) is 5.75 Å². The standard InChI is InChI=1S/C21H25NO4/c1-13-10-14(2)17(11-16(13)19(23)24)22-20(25)21(3,4)12-15-8-6-7-9-18(15)26-5/h6-11H,12H2,1-5H3,(H,22,25)(H,23,24). The molecule has 0 saturated carbocycles. The molecule has 5 heteroatoms. The van der Waals surface area contributed by atoms with E-state index in [4.69, 9.17) is 4.74 Å². The SMILES string of the molecule is COc1ccccc1CC(C)(C)C(=O)Nc1cc(C(=O)O)c(C)cc1C. The molecule has 0 aliphatic rings. The molecule has 0 unspecified atom stereocenters. The number of ether oxygens (including phenoxy) is 1. The maximum absolute atomic E-state index is 12.9. The predicted octanol–water partition coefficient (Wildman–Crippen LogP) is 4.22. The smallest absolute Gasteiger partial charge is 0.336 e. The largest absolute Gasteiger partial charge is 0.496 e. The minimum absolute atomic E-state index is 0.174. The van der Waals surface area contributed by atoms with Gasteiger partial charge >= 0.3 is 5.97 Å². The quantitative estimate of drug-likeness (QED) is 0.813. The number of benzene rings is 2. The molecule has 0 fully saturated rings. The molecule has 0 aliphatic carbocycles. The Kier molecular flexibility index (Phi) is 5.70. The van der Waals surface area contributed by atoms with Crippen molar-refractivity contribution in [2.24, 2.45) is 5.41 Å². The molecule has 0 bridgehead atoms. The van der Waals surface area contributed by atoms with Crippen LogP contribution >= 0.6 is 0 Å². The van der Waals surface area contributed by atoms with Crippen LogP contribution in [0.4, 0.5) is 5.69 Å². The Labute approximate surface area is 154 Å². The van der Waals surface area contributed by atoms with Gasteiger partial charge in [0.1, 0.15) is 5.75 Å². The molecule has 2 aromatic carbocycles. The Balaban J connectivity index is 2.25. The van der Waals surface area contributed by atoms with E-state index in [2.05, 4.69) is 5.32 Å². The number of para-hydroxylation sites is 1. The third-order valence-electron chi connectivity index (χ3n) is 4.49. The second-order valence-electron chi connectivity index (χ2n) is 7.11. The second kappa shape index (κ2) is 7.60. The summed E-state index contributed by atoms with van der Waals surface area (Å²) in [5, 5.41) is 12.2. The van der Waals surface area contributed by atoms with Gasteiger partial charge < -0.3 is 15.2 Å². The number of carbonyl (C=O) groups is 2. The average Bonchev–Trinajstić information content (AvgIpc) is 2.57. The van der Waals surface area contributed by atoms with Gasteiger partial charge in [0.05, 0.1) is 12.7 Å². The van der Waals surface area contributed by atoms with Crippen LogP contribution < -0.4 is 10.1 Å². The molecule has 1 amide bonds. The van der Waals surface area contributed by atoms with Crippen LogP contribution in [0.15, 0.2) is 36.4 Å². The van der Waals surface area contributed by atoms with Crippen LogP contribution in [-0.2, 0) is 11.2 Å². The van der Waals surface area contributed by atoms with E-state index in [1.807, 2.05) is 45.0 Å². The van der Waals surface area contributed by atoms with E-state index in [0.29, 0.717) is 17.7 Å². The molecule has 138 valence electrons. The van der Waals surface area contributed by atoms with Gasteiger partial charge in [0.15, 0.2) is 0 Å². The third-order valence-corrected chi connectivity index (χ3v) is 4.49. The molecular formula is C21H25NO4. The van der Waals surface area contributed by atoms with E-state index in [1.165, 1.54) is 6.07 Å². The first kappa shape index (κ1) is 19.5. The zero-order valence-corrected chi connectivity index (χ0v) is 15.8. The Bertz CT molecular complexity index is 840. The molecule has 2 rings (SSSR count). The minimum atomic E-state index is -1.01. The molecule has 0 heterocycles. The van der Waals surface area contributed by atoms with Gasteiger partial charge in [-0.3, -0.25) is 4.79 Å². The number of carboxylic acid groups (broad SMARTS) is 1. The Morgan fingerprint density at radius 3 is 2.38 bits per heavy atom. The molecule has 0 saturated heterocycles. The fourth-order valence-electron chi connectivity index (χ4n) is 2.91. The highest BCUT2D eigenvalue weighted by atomic mass is 16.5. The van der Waals surface area contributed by atoms with Crippen molar-refractivity contribution in [3.05, 3.63) is 58.7 Å². The first-order chi connectivity index (χ1) is 12.2. The Hall–Kier alpha value is -2.82. The van der Waals surface area contributed by atoms with Crippen molar-refractivity contribution in [2.75, 3.05) is 12.4 Å². The van der Waals surface area contributed by atoms with Crippen molar-refractivity contribution in [1.29, 1.82) is 0 Å². The molecule has 0 aromatic heterocycles. The van der Waals surface area contributed by atoms with Crippen LogP contribution in [0.25, 0.3) is 0 Å². The summed E-state index contributed by atoms with van der Waals surface area (Å²) >= 11 is 0. The lowest BCUT2D eigenvalue weighted by atomic mass is 9.84. The van der Waals surface area contributed by atoms with Crippen molar-refractivity contribution in [1.82, 2.24) is 0 Å². The van der Waals surface area contributed by atoms with E-state index in [9.17, 15) is 14.7 Å². The van der Waals surface area contributed by atoms with Crippen molar-refractivity contribution < 1.29 is 19.4 Å². The number of anilines is 1. The van der Waals surface area contributed by atoms with Crippen LogP contribution in [0.5, 0.6) is 5.75 Å². The van der Waals surface area contributed by atoms with Crippen LogP contribution in [-0.4, -0.2) is 24.1 Å². The zero-order chi connectivity index (χ0) is 19.5. The van der Waals surface area contributed by atoms with Gasteiger partial charge in [0.25, 0.3) is 0 Å². The lowest BCUT2D eigenvalue weighted by Gasteiger charge is -2.25. The number of nitrogens with one attached hydrogen (secondary N) is 1. The maximum Gasteiger partial charge on any atom is 0.336 e. The lowest BCUT2D eigenvalue weighted by Crippen LogP contribution is -2.33. The molecule has 5 nitrogen and oxygen atoms in total. The highest BCUT2D eigenvalue weighted by Crippen LogP contribution is 2.30. The molecular weight excluding hydrogens is 330 g/mol. The van der Waals surface area contributed by atoms with Crippen LogP contribution in [0.1, 0.15) is 40.9 Å². The molecule has 0 atom stereocenters. The van der Waals surface area contributed by atoms with Gasteiger partial charge in [-0.1, -0.05) is 38.1 Å². The minimum Gasteiger partial charge on any atom is -0.496 e. The number of hydrogen-bond donors (Lipinski definition) is 2. The summed E-state index contributed by atoms with van der Waals surface area (Å²) in [6.07, 6.45) is 0.500. The first-order valence-electron chi connectivity index (χ1n) is 8.43. The summed E-state index contributed by atoms with van der Waals surface area (Å²) < 4.78 is 5.37. The summed E-state index contributed by atoms with van der Waals surface area (Å²) in [5.74, 6) is -0.439. The molecule has 0 aliphatic heterocycles. The normalized spacial score (nSPS) is 11.1. The maximum atomic E-state index is 12.9. The van der Waals surface area contributed by atoms with E-state index in [0.717, 1.165) is 16.9 Å². The highest BCUT2D eigenvalue weighted by molar-refractivity contribution is 5.98. The molecule has 0 spiro atoms. The van der Waals surface area contributed by atoms with E-state index >= 15 is 0 Å². The molecule has 2 aromatic rings. The third kappa shape index (κ3) is 4.23. The Morgan fingerprint density at radius 1 is 1.12 bits per heavy atom. The summed E-state index contributed by atoms with van der Waals surface area (Å²) in [6, 6.07) is 10.9. The van der Waals surface area contributed by atoms with Crippen LogP contribution in [0.3, 0.4) is 0 Å². The molecule has 26 heavy (non-hydrogen) atoms. The van der Waals surface area contributed by atoms with E-state index in [1.54, 1.807) is 20.1 Å². The predicted molar refractivity (Wildman–Crippen MR) is 102 cm³/mol. The summed E-state index contributed by atoms with van der Waals surface area (Å²) in [5.41, 5.74) is 2.45. The number of carboxylic acids is 1. The number of amides is 1. The number of rotatable bonds is 6. The van der Waals surface area contributed by atoms with Gasteiger partial charge in [-0.2, -0.15) is 0 Å². The first-order valence-corrected chi connectivity index (χ1v) is 8.43. The van der Waals surface area contributed by atoms with Crippen LogP contribution in [0, 0.1) is 19.3 Å². The summed E-state index contributed by atoms with van der Waals surface area (Å²) in [6.45, 7) is 7.31. The second-order valence-corrected chi connectivity index (χ2v) is 7.11. The lowest BCUT2D eigenvalue weighted by molar-refractivity contribution is -0.123. The van der Waals surface area contributed by atoms with Gasteiger partial charge in [-0.15, -0.1) is 0 Å². The van der Waals surface area contributed by atoms with Gasteiger partial charge in [0.2, 0.25) is 5.91 Å².